The molecule has 0 aliphatic rings. The molecule has 0 unspecified atom stereocenters. The second-order valence-corrected chi connectivity index (χ2v) is 4.74. The highest BCUT2D eigenvalue weighted by atomic mass is 127. The minimum absolute atomic E-state index is 0.111. The number of aromatic carboxylic acids is 1. The van der Waals surface area contributed by atoms with Crippen molar-refractivity contribution in [2.75, 3.05) is 5.32 Å². The third kappa shape index (κ3) is 3.25. The van der Waals surface area contributed by atoms with Crippen molar-refractivity contribution in [3.05, 3.63) is 51.6 Å². The maximum absolute atomic E-state index is 11.9. The average Bonchev–Trinajstić information content (AvgIpc) is 2.42. The number of rotatable bonds is 3. The predicted octanol–water partition coefficient (Wildman–Crippen LogP) is 2.03. The van der Waals surface area contributed by atoms with Crippen LogP contribution in [0.4, 0.5) is 5.69 Å². The summed E-state index contributed by atoms with van der Waals surface area (Å²) in [6, 6.07) is 4.51. The molecule has 0 aliphatic heterocycles. The van der Waals surface area contributed by atoms with Crippen molar-refractivity contribution in [2.24, 2.45) is 0 Å². The lowest BCUT2D eigenvalue weighted by Crippen LogP contribution is -2.14. The van der Waals surface area contributed by atoms with Crippen LogP contribution >= 0.6 is 22.6 Å². The van der Waals surface area contributed by atoms with Crippen LogP contribution < -0.4 is 5.32 Å². The van der Waals surface area contributed by atoms with E-state index in [1.54, 1.807) is 6.07 Å². The van der Waals surface area contributed by atoms with E-state index in [9.17, 15) is 9.59 Å². The maximum atomic E-state index is 11.9. The smallest absolute Gasteiger partial charge is 0.335 e. The number of aromatic nitrogens is 2. The summed E-state index contributed by atoms with van der Waals surface area (Å²) in [5.74, 6) is -1.43. The van der Waals surface area contributed by atoms with E-state index >= 15 is 0 Å². The van der Waals surface area contributed by atoms with Crippen molar-refractivity contribution < 1.29 is 14.7 Å². The van der Waals surface area contributed by atoms with Crippen LogP contribution in [0.5, 0.6) is 0 Å². The van der Waals surface area contributed by atoms with Gasteiger partial charge in [0, 0.05) is 16.0 Å². The van der Waals surface area contributed by atoms with Crippen LogP contribution in [0.1, 0.15) is 20.7 Å². The van der Waals surface area contributed by atoms with Crippen LogP contribution in [-0.2, 0) is 0 Å². The van der Waals surface area contributed by atoms with E-state index in [1.165, 1.54) is 30.9 Å². The lowest BCUT2D eigenvalue weighted by Gasteiger charge is -2.08. The predicted molar refractivity (Wildman–Crippen MR) is 76.1 cm³/mol. The number of carboxylic acid groups (broad SMARTS) is 1. The molecule has 6 nitrogen and oxygen atoms in total. The number of hydrogen-bond acceptors (Lipinski definition) is 4. The molecule has 0 fully saturated rings. The quantitative estimate of drug-likeness (QED) is 0.808. The van der Waals surface area contributed by atoms with E-state index < -0.39 is 5.97 Å². The SMILES string of the molecule is O=C(O)c1ccc(I)c(NC(=O)c2cncnc2)c1. The van der Waals surface area contributed by atoms with E-state index in [0.717, 1.165) is 3.57 Å². The molecule has 2 N–H and O–H groups in total. The average molecular weight is 369 g/mol. The van der Waals surface area contributed by atoms with Crippen LogP contribution in [0.2, 0.25) is 0 Å². The Balaban J connectivity index is 2.26. The van der Waals surface area contributed by atoms with Gasteiger partial charge in [0.25, 0.3) is 5.91 Å². The van der Waals surface area contributed by atoms with E-state index in [4.69, 9.17) is 5.11 Å². The lowest BCUT2D eigenvalue weighted by molar-refractivity contribution is 0.0696. The normalized spacial score (nSPS) is 9.95. The Labute approximate surface area is 122 Å². The number of hydrogen-bond donors (Lipinski definition) is 2. The Morgan fingerprint density at radius 3 is 2.47 bits per heavy atom. The minimum atomic E-state index is -1.05. The van der Waals surface area contributed by atoms with Gasteiger partial charge in [-0.2, -0.15) is 0 Å². The number of carbonyl (C=O) groups excluding carboxylic acids is 1. The van der Waals surface area contributed by atoms with Crippen molar-refractivity contribution in [3.8, 4) is 0 Å². The third-order valence-corrected chi connectivity index (χ3v) is 3.22. The summed E-state index contributed by atoms with van der Waals surface area (Å²) >= 11 is 2.01. The number of nitrogens with zero attached hydrogens (tertiary/aromatic N) is 2. The molecule has 0 spiro atoms. The molecule has 1 heterocycles. The Bertz CT molecular complexity index is 631. The van der Waals surface area contributed by atoms with Gasteiger partial charge < -0.3 is 10.4 Å². The van der Waals surface area contributed by atoms with Gasteiger partial charge in [0.2, 0.25) is 0 Å². The number of benzene rings is 1. The largest absolute Gasteiger partial charge is 0.478 e. The fourth-order valence-electron chi connectivity index (χ4n) is 1.36. The molecule has 0 bridgehead atoms. The van der Waals surface area contributed by atoms with Gasteiger partial charge in [0.15, 0.2) is 0 Å². The first-order valence-electron chi connectivity index (χ1n) is 5.17. The zero-order valence-corrected chi connectivity index (χ0v) is 11.7. The van der Waals surface area contributed by atoms with Crippen LogP contribution in [0, 0.1) is 3.57 Å². The third-order valence-electron chi connectivity index (χ3n) is 2.28. The monoisotopic (exact) mass is 369 g/mol. The number of nitrogens with one attached hydrogen (secondary N) is 1. The van der Waals surface area contributed by atoms with Crippen LogP contribution in [0.3, 0.4) is 0 Å². The molecule has 1 aromatic heterocycles. The van der Waals surface area contributed by atoms with Crippen molar-refractivity contribution in [3.63, 3.8) is 0 Å². The molecule has 19 heavy (non-hydrogen) atoms. The maximum Gasteiger partial charge on any atom is 0.335 e. The summed E-state index contributed by atoms with van der Waals surface area (Å²) in [7, 11) is 0. The Morgan fingerprint density at radius 1 is 1.16 bits per heavy atom. The summed E-state index contributed by atoms with van der Waals surface area (Å²) in [6.45, 7) is 0. The highest BCUT2D eigenvalue weighted by molar-refractivity contribution is 14.1. The topological polar surface area (TPSA) is 92.2 Å². The number of halogens is 1. The van der Waals surface area contributed by atoms with Gasteiger partial charge in [-0.05, 0) is 40.8 Å². The molecule has 96 valence electrons. The van der Waals surface area contributed by atoms with Crippen LogP contribution in [0.25, 0.3) is 0 Å². The Morgan fingerprint density at radius 2 is 1.84 bits per heavy atom. The Kier molecular flexibility index (Phi) is 4.05. The van der Waals surface area contributed by atoms with Gasteiger partial charge in [0.05, 0.1) is 16.8 Å². The standard InChI is InChI=1S/C12H8IN3O3/c13-9-2-1-7(12(18)19)3-10(9)16-11(17)8-4-14-6-15-5-8/h1-6H,(H,16,17)(H,18,19). The molecule has 0 atom stereocenters. The second kappa shape index (κ2) is 5.74. The number of carboxylic acids is 1. The van der Waals surface area contributed by atoms with E-state index in [1.807, 2.05) is 22.6 Å². The number of amides is 1. The molecule has 2 aromatic rings. The van der Waals surface area contributed by atoms with Crippen molar-refractivity contribution in [1.82, 2.24) is 9.97 Å². The summed E-state index contributed by atoms with van der Waals surface area (Å²) in [6.07, 6.45) is 4.10. The molecule has 1 amide bonds. The van der Waals surface area contributed by atoms with E-state index in [2.05, 4.69) is 15.3 Å². The van der Waals surface area contributed by atoms with Gasteiger partial charge in [0.1, 0.15) is 6.33 Å². The van der Waals surface area contributed by atoms with Gasteiger partial charge in [-0.15, -0.1) is 0 Å². The summed E-state index contributed by atoms with van der Waals surface area (Å²) in [4.78, 5) is 30.3. The fraction of sp³-hybridized carbons (Fsp3) is 0. The lowest BCUT2D eigenvalue weighted by atomic mass is 10.2. The van der Waals surface area contributed by atoms with Gasteiger partial charge in [-0.25, -0.2) is 14.8 Å². The molecular weight excluding hydrogens is 361 g/mol. The minimum Gasteiger partial charge on any atom is -0.478 e. The molecule has 0 aliphatic carbocycles. The Hall–Kier alpha value is -2.03. The van der Waals surface area contributed by atoms with Crippen molar-refractivity contribution >= 4 is 40.2 Å². The number of anilines is 1. The van der Waals surface area contributed by atoms with Gasteiger partial charge in [-0.1, -0.05) is 0 Å². The summed E-state index contributed by atoms with van der Waals surface area (Å²) < 4.78 is 0.743. The van der Waals surface area contributed by atoms with Crippen LogP contribution in [-0.4, -0.2) is 27.0 Å². The summed E-state index contributed by atoms with van der Waals surface area (Å²) in [5.41, 5.74) is 0.855. The molecule has 0 saturated heterocycles. The zero-order chi connectivity index (χ0) is 13.8. The first-order chi connectivity index (χ1) is 9.08. The highest BCUT2D eigenvalue weighted by Crippen LogP contribution is 2.20. The molecule has 0 radical (unpaired) electrons. The molecule has 7 heteroatoms. The molecule has 2 rings (SSSR count). The first-order valence-corrected chi connectivity index (χ1v) is 6.25. The summed E-state index contributed by atoms with van der Waals surface area (Å²) in [5, 5.41) is 11.5. The second-order valence-electron chi connectivity index (χ2n) is 3.58. The molecular formula is C12H8IN3O3. The van der Waals surface area contributed by atoms with Crippen molar-refractivity contribution in [1.29, 1.82) is 0 Å². The fourth-order valence-corrected chi connectivity index (χ4v) is 1.84. The molecule has 0 saturated carbocycles. The number of carbonyl (C=O) groups is 2. The van der Waals surface area contributed by atoms with Gasteiger partial charge in [-0.3, -0.25) is 4.79 Å². The first kappa shape index (κ1) is 13.4. The zero-order valence-electron chi connectivity index (χ0n) is 9.50. The highest BCUT2D eigenvalue weighted by Gasteiger charge is 2.11. The molecule has 1 aromatic carbocycles. The van der Waals surface area contributed by atoms with E-state index in [0.29, 0.717) is 11.3 Å². The van der Waals surface area contributed by atoms with E-state index in [-0.39, 0.29) is 11.5 Å². The van der Waals surface area contributed by atoms with Gasteiger partial charge >= 0.3 is 5.97 Å². The van der Waals surface area contributed by atoms with Crippen LogP contribution in [0.15, 0.2) is 36.9 Å². The van der Waals surface area contributed by atoms with Crippen molar-refractivity contribution in [2.45, 2.75) is 0 Å².